The van der Waals surface area contributed by atoms with Gasteiger partial charge in [-0.15, -0.1) is 4.91 Å². The van der Waals surface area contributed by atoms with Crippen LogP contribution in [0.4, 0.5) is 0 Å². The molecule has 6 N–H and O–H groups in total. The summed E-state index contributed by atoms with van der Waals surface area (Å²) in [6.07, 6.45) is 1.35. The molecule has 25 heavy (non-hydrogen) atoms. The second-order valence-corrected chi connectivity index (χ2v) is 4.49. The molecule has 1 aromatic rings. The van der Waals surface area contributed by atoms with Crippen LogP contribution >= 0.6 is 0 Å². The first-order chi connectivity index (χ1) is 11.9. The summed E-state index contributed by atoms with van der Waals surface area (Å²) in [5.41, 5.74) is 5.37. The number of hydrogen-bond donors (Lipinski definition) is 5. The minimum Gasteiger partial charge on any atom is -0.502 e. The fraction of sp³-hybridized carbons (Fsp3) is 0.429. The van der Waals surface area contributed by atoms with E-state index in [0.717, 1.165) is 6.42 Å². The summed E-state index contributed by atoms with van der Waals surface area (Å²) in [6.45, 7) is 0.789. The number of unbranched alkanes of at least 4 members (excludes halogenated alkanes) is 1. The number of benzene rings is 1. The Bertz CT molecular complexity index is 555. The maximum Gasteiger partial charge on any atom is 0.338 e. The lowest BCUT2D eigenvalue weighted by molar-refractivity contribution is 0.0497. The third kappa shape index (κ3) is 8.25. The summed E-state index contributed by atoms with van der Waals surface area (Å²) in [7, 11) is 2.76. The molecular weight excluding hydrogens is 336 g/mol. The molecule has 0 radical (unpaired) electrons. The summed E-state index contributed by atoms with van der Waals surface area (Å²) in [5.74, 6) is -0.512. The van der Waals surface area contributed by atoms with Crippen molar-refractivity contribution in [2.45, 2.75) is 12.8 Å². The third-order valence-corrected chi connectivity index (χ3v) is 2.84. The van der Waals surface area contributed by atoms with Crippen LogP contribution in [-0.4, -0.2) is 49.6 Å². The minimum absolute atomic E-state index is 0.0831. The molecule has 11 heteroatoms. The molecule has 0 unspecified atom stereocenters. The predicted octanol–water partition coefficient (Wildman–Crippen LogP) is 0.971. The Hall–Kier alpha value is -3.24. The fourth-order valence-electron chi connectivity index (χ4n) is 1.71. The highest BCUT2D eigenvalue weighted by Gasteiger charge is 2.16. The number of aromatic hydroxyl groups is 1. The van der Waals surface area contributed by atoms with E-state index in [1.165, 1.54) is 31.7 Å². The number of carbonyl (C=O) groups is 1. The van der Waals surface area contributed by atoms with E-state index in [9.17, 15) is 9.90 Å². The van der Waals surface area contributed by atoms with Crippen molar-refractivity contribution in [3.63, 3.8) is 0 Å². The molecule has 1 rings (SSSR count). The van der Waals surface area contributed by atoms with Crippen LogP contribution in [0.5, 0.6) is 17.2 Å². The van der Waals surface area contributed by atoms with Gasteiger partial charge in [0.2, 0.25) is 5.75 Å². The Morgan fingerprint density at radius 3 is 2.24 bits per heavy atom. The van der Waals surface area contributed by atoms with Gasteiger partial charge in [-0.1, -0.05) is 0 Å². The summed E-state index contributed by atoms with van der Waals surface area (Å²) >= 11 is 0. The van der Waals surface area contributed by atoms with E-state index in [4.69, 9.17) is 35.5 Å². The number of carbonyl (C=O) groups excluding carboxylic acids is 1. The second kappa shape index (κ2) is 12.2. The van der Waals surface area contributed by atoms with Crippen LogP contribution in [0.15, 0.2) is 17.5 Å². The number of esters is 1. The van der Waals surface area contributed by atoms with Crippen LogP contribution in [0.3, 0.4) is 0 Å². The van der Waals surface area contributed by atoms with Crippen molar-refractivity contribution in [1.82, 2.24) is 5.32 Å². The predicted molar refractivity (Wildman–Crippen MR) is 88.2 cm³/mol. The Morgan fingerprint density at radius 2 is 1.80 bits per heavy atom. The maximum atomic E-state index is 11.9. The average Bonchev–Trinajstić information content (AvgIpc) is 2.58. The Morgan fingerprint density at radius 1 is 1.28 bits per heavy atom. The Labute approximate surface area is 144 Å². The molecule has 0 amide bonds. The lowest BCUT2D eigenvalue weighted by Crippen LogP contribution is -2.31. The van der Waals surface area contributed by atoms with Gasteiger partial charge in [0, 0.05) is 6.54 Å². The summed E-state index contributed by atoms with van der Waals surface area (Å²) in [4.78, 5) is 20.1. The van der Waals surface area contributed by atoms with Gasteiger partial charge in [-0.05, 0) is 25.0 Å². The molecular formula is C14H22N4O7. The molecule has 0 saturated carbocycles. The quantitative estimate of drug-likeness (QED) is 0.113. The van der Waals surface area contributed by atoms with E-state index in [1.807, 2.05) is 0 Å². The number of rotatable bonds is 8. The third-order valence-electron chi connectivity index (χ3n) is 2.84. The summed E-state index contributed by atoms with van der Waals surface area (Å²) in [6, 6.07) is 2.77. The Kier molecular flexibility index (Phi) is 10.6. The van der Waals surface area contributed by atoms with E-state index in [2.05, 4.69) is 5.32 Å². The monoisotopic (exact) mass is 358 g/mol. The van der Waals surface area contributed by atoms with Gasteiger partial charge in [-0.25, -0.2) is 4.79 Å². The van der Waals surface area contributed by atoms with Crippen LogP contribution in [0.1, 0.15) is 23.2 Å². The fourth-order valence-corrected chi connectivity index (χ4v) is 1.71. The largest absolute Gasteiger partial charge is 0.502 e. The van der Waals surface area contributed by atoms with Gasteiger partial charge in [0.05, 0.1) is 26.4 Å². The van der Waals surface area contributed by atoms with Gasteiger partial charge in [-0.3, -0.25) is 5.41 Å². The molecule has 11 nitrogen and oxygen atoms in total. The average molecular weight is 358 g/mol. The van der Waals surface area contributed by atoms with Gasteiger partial charge in [0.1, 0.15) is 0 Å². The van der Waals surface area contributed by atoms with E-state index < -0.39 is 5.97 Å². The molecule has 0 aliphatic rings. The summed E-state index contributed by atoms with van der Waals surface area (Å²) in [5, 5.41) is 27.3. The lowest BCUT2D eigenvalue weighted by atomic mass is 10.2. The number of nitrogens with zero attached hydrogens (tertiary/aromatic N) is 1. The van der Waals surface area contributed by atoms with Gasteiger partial charge >= 0.3 is 5.97 Å². The molecule has 1 aromatic carbocycles. The van der Waals surface area contributed by atoms with Crippen molar-refractivity contribution >= 4 is 11.9 Å². The van der Waals surface area contributed by atoms with Crippen molar-refractivity contribution in [1.29, 1.82) is 5.41 Å². The topological polar surface area (TPSA) is 177 Å². The first kappa shape index (κ1) is 21.8. The number of guanidine groups is 1. The molecule has 0 heterocycles. The van der Waals surface area contributed by atoms with Crippen molar-refractivity contribution in [2.75, 3.05) is 27.4 Å². The highest BCUT2D eigenvalue weighted by atomic mass is 16.6. The van der Waals surface area contributed by atoms with E-state index in [-0.39, 0.29) is 35.4 Å². The lowest BCUT2D eigenvalue weighted by Gasteiger charge is -2.11. The molecule has 0 atom stereocenters. The molecule has 0 bridgehead atoms. The van der Waals surface area contributed by atoms with Crippen molar-refractivity contribution < 1.29 is 29.3 Å². The number of hydrogen-bond acceptors (Lipinski definition) is 8. The van der Waals surface area contributed by atoms with Gasteiger partial charge in [-0.2, -0.15) is 0 Å². The van der Waals surface area contributed by atoms with Crippen LogP contribution < -0.4 is 20.5 Å². The zero-order valence-electron chi connectivity index (χ0n) is 13.9. The minimum atomic E-state index is -0.531. The van der Waals surface area contributed by atoms with Crippen LogP contribution in [0, 0.1) is 10.3 Å². The first-order valence-electron chi connectivity index (χ1n) is 7.07. The standard InChI is InChI=1S/C14H21N3O5.HNO2/c1-20-10-7-9(8-11(21-2)12(10)18)13(19)22-6-4-3-5-17-14(15)16;2-1-3/h7-8,18H,3-6H2,1-2H3,(H4,15,16,17);(H,2,3). The number of phenols is 1. The highest BCUT2D eigenvalue weighted by Crippen LogP contribution is 2.37. The van der Waals surface area contributed by atoms with Gasteiger partial charge in [0.25, 0.3) is 0 Å². The van der Waals surface area contributed by atoms with Gasteiger partial charge < -0.3 is 35.6 Å². The SMILES string of the molecule is COc1cc(C(=O)OCCCCNC(=N)N)cc(OC)c1O.O=NO. The van der Waals surface area contributed by atoms with Crippen molar-refractivity contribution in [2.24, 2.45) is 11.1 Å². The molecule has 0 saturated heterocycles. The van der Waals surface area contributed by atoms with E-state index >= 15 is 0 Å². The van der Waals surface area contributed by atoms with Crippen LogP contribution in [-0.2, 0) is 4.74 Å². The number of methoxy groups -OCH3 is 2. The molecule has 0 aromatic heterocycles. The van der Waals surface area contributed by atoms with Crippen molar-refractivity contribution in [3.05, 3.63) is 22.6 Å². The zero-order chi connectivity index (χ0) is 19.2. The molecule has 0 fully saturated rings. The first-order valence-corrected chi connectivity index (χ1v) is 7.07. The molecule has 140 valence electrons. The normalized spacial score (nSPS) is 9.20. The van der Waals surface area contributed by atoms with Gasteiger partial charge in [0.15, 0.2) is 22.8 Å². The smallest absolute Gasteiger partial charge is 0.338 e. The number of nitrogens with two attached hydrogens (primary N) is 1. The second-order valence-electron chi connectivity index (χ2n) is 4.49. The zero-order valence-corrected chi connectivity index (χ0v) is 13.9. The highest BCUT2D eigenvalue weighted by molar-refractivity contribution is 5.91. The van der Waals surface area contributed by atoms with Crippen LogP contribution in [0.2, 0.25) is 0 Å². The number of phenolic OH excluding ortho intramolecular Hbond substituents is 1. The molecule has 0 aliphatic heterocycles. The number of ether oxygens (including phenoxy) is 3. The van der Waals surface area contributed by atoms with E-state index in [0.29, 0.717) is 13.0 Å². The van der Waals surface area contributed by atoms with E-state index in [1.54, 1.807) is 0 Å². The number of nitrogens with one attached hydrogen (secondary N) is 2. The Balaban J connectivity index is 0.00000178. The van der Waals surface area contributed by atoms with Crippen LogP contribution in [0.25, 0.3) is 0 Å². The molecule has 0 spiro atoms. The van der Waals surface area contributed by atoms with Crippen molar-refractivity contribution in [3.8, 4) is 17.2 Å². The molecule has 0 aliphatic carbocycles. The summed E-state index contributed by atoms with van der Waals surface area (Å²) < 4.78 is 15.1. The maximum absolute atomic E-state index is 11.9.